The van der Waals surface area contributed by atoms with Crippen LogP contribution in [0.15, 0.2) is 65.2 Å². The summed E-state index contributed by atoms with van der Waals surface area (Å²) in [6.45, 7) is 1.91. The van der Waals surface area contributed by atoms with Gasteiger partial charge in [0.25, 0.3) is 5.91 Å². The van der Waals surface area contributed by atoms with Crippen LogP contribution in [0.25, 0.3) is 11.3 Å². The zero-order valence-electron chi connectivity index (χ0n) is 16.2. The van der Waals surface area contributed by atoms with E-state index < -0.39 is 11.6 Å². The van der Waals surface area contributed by atoms with Crippen LogP contribution in [0.4, 0.5) is 4.79 Å². The van der Waals surface area contributed by atoms with Gasteiger partial charge in [-0.05, 0) is 24.1 Å². The van der Waals surface area contributed by atoms with Crippen molar-refractivity contribution in [1.82, 2.24) is 15.4 Å². The van der Waals surface area contributed by atoms with Crippen molar-refractivity contribution < 1.29 is 18.8 Å². The van der Waals surface area contributed by atoms with Gasteiger partial charge >= 0.3 is 6.03 Å². The third-order valence-corrected chi connectivity index (χ3v) is 5.23. The fourth-order valence-electron chi connectivity index (χ4n) is 3.57. The summed E-state index contributed by atoms with van der Waals surface area (Å²) in [5.74, 6) is 0.966. The van der Waals surface area contributed by atoms with Crippen LogP contribution in [0.3, 0.4) is 0 Å². The summed E-state index contributed by atoms with van der Waals surface area (Å²) in [4.78, 5) is 27.1. The van der Waals surface area contributed by atoms with E-state index in [2.05, 4.69) is 10.5 Å². The van der Waals surface area contributed by atoms with Crippen molar-refractivity contribution >= 4 is 11.9 Å². The Morgan fingerprint density at radius 1 is 1.10 bits per heavy atom. The number of hydrogen-bond acceptors (Lipinski definition) is 5. The van der Waals surface area contributed by atoms with E-state index in [0.717, 1.165) is 5.56 Å². The molecule has 7 nitrogen and oxygen atoms in total. The Kier molecular flexibility index (Phi) is 4.80. The van der Waals surface area contributed by atoms with Gasteiger partial charge in [-0.1, -0.05) is 54.5 Å². The van der Waals surface area contributed by atoms with Gasteiger partial charge in [-0.15, -0.1) is 0 Å². The molecule has 1 aliphatic heterocycles. The molecule has 1 aromatic heterocycles. The lowest BCUT2D eigenvalue weighted by molar-refractivity contribution is -0.132. The minimum Gasteiger partial charge on any atom is -0.497 e. The molecule has 0 spiro atoms. The average molecular weight is 391 g/mol. The largest absolute Gasteiger partial charge is 0.497 e. The van der Waals surface area contributed by atoms with Crippen molar-refractivity contribution in [3.05, 3.63) is 71.9 Å². The van der Waals surface area contributed by atoms with Crippen LogP contribution in [-0.2, 0) is 16.9 Å². The molecule has 29 heavy (non-hydrogen) atoms. The van der Waals surface area contributed by atoms with Crippen molar-refractivity contribution in [2.75, 3.05) is 7.11 Å². The number of rotatable bonds is 6. The first-order valence-corrected chi connectivity index (χ1v) is 9.37. The number of ether oxygens (including phenoxy) is 1. The summed E-state index contributed by atoms with van der Waals surface area (Å²) in [7, 11) is 1.58. The normalized spacial score (nSPS) is 18.8. The van der Waals surface area contributed by atoms with Gasteiger partial charge in [-0.25, -0.2) is 4.79 Å². The third-order valence-electron chi connectivity index (χ3n) is 5.23. The Labute approximate surface area is 168 Å². The van der Waals surface area contributed by atoms with Crippen LogP contribution < -0.4 is 10.1 Å². The standard InChI is InChI=1S/C22H21N3O4/c1-3-22(16-9-11-18(28-2)12-10-16)20(26)25(21(27)23-22)14-17-13-19(29-24-17)15-7-5-4-6-8-15/h4-13H,3,14H2,1-2H3,(H,23,27). The highest BCUT2D eigenvalue weighted by Crippen LogP contribution is 2.34. The van der Waals surface area contributed by atoms with Gasteiger partial charge in [0.05, 0.1) is 13.7 Å². The first kappa shape index (κ1) is 18.7. The van der Waals surface area contributed by atoms with E-state index in [1.807, 2.05) is 37.3 Å². The SMILES string of the molecule is CCC1(c2ccc(OC)cc2)NC(=O)N(Cc2cc(-c3ccccc3)on2)C1=O. The van der Waals surface area contributed by atoms with Crippen LogP contribution >= 0.6 is 0 Å². The zero-order chi connectivity index (χ0) is 20.4. The molecule has 7 heteroatoms. The maximum atomic E-state index is 13.3. The van der Waals surface area contributed by atoms with E-state index in [1.165, 1.54) is 4.90 Å². The molecule has 148 valence electrons. The van der Waals surface area contributed by atoms with Gasteiger partial charge in [-0.2, -0.15) is 0 Å². The number of nitrogens with zero attached hydrogens (tertiary/aromatic N) is 2. The Hall–Kier alpha value is -3.61. The maximum absolute atomic E-state index is 13.3. The maximum Gasteiger partial charge on any atom is 0.325 e. The molecule has 0 bridgehead atoms. The molecule has 0 radical (unpaired) electrons. The molecular weight excluding hydrogens is 370 g/mol. The first-order valence-electron chi connectivity index (χ1n) is 9.37. The van der Waals surface area contributed by atoms with Crippen LogP contribution in [0.2, 0.25) is 0 Å². The van der Waals surface area contributed by atoms with Gasteiger partial charge in [0.2, 0.25) is 0 Å². The fraction of sp³-hybridized carbons (Fsp3) is 0.227. The number of benzene rings is 2. The Balaban J connectivity index is 1.58. The van der Waals surface area contributed by atoms with E-state index in [4.69, 9.17) is 9.26 Å². The van der Waals surface area contributed by atoms with Crippen LogP contribution in [0.1, 0.15) is 24.6 Å². The van der Waals surface area contributed by atoms with E-state index in [0.29, 0.717) is 29.2 Å². The predicted octanol–water partition coefficient (Wildman–Crippen LogP) is 3.71. The monoisotopic (exact) mass is 391 g/mol. The molecule has 1 N–H and O–H groups in total. The van der Waals surface area contributed by atoms with Crippen molar-refractivity contribution in [3.8, 4) is 17.1 Å². The second-order valence-electron chi connectivity index (χ2n) is 6.86. The number of amides is 3. The first-order chi connectivity index (χ1) is 14.1. The summed E-state index contributed by atoms with van der Waals surface area (Å²) >= 11 is 0. The molecule has 1 saturated heterocycles. The van der Waals surface area contributed by atoms with Crippen LogP contribution in [0.5, 0.6) is 5.75 Å². The number of carbonyl (C=O) groups is 2. The summed E-state index contributed by atoms with van der Waals surface area (Å²) in [6.07, 6.45) is 0.425. The van der Waals surface area contributed by atoms with Gasteiger partial charge in [-0.3, -0.25) is 9.69 Å². The highest BCUT2D eigenvalue weighted by Gasteiger charge is 2.51. The lowest BCUT2D eigenvalue weighted by atomic mass is 9.87. The van der Waals surface area contributed by atoms with Crippen molar-refractivity contribution in [3.63, 3.8) is 0 Å². The van der Waals surface area contributed by atoms with E-state index in [9.17, 15) is 9.59 Å². The molecule has 1 aliphatic rings. The van der Waals surface area contributed by atoms with Gasteiger partial charge in [0.15, 0.2) is 5.76 Å². The Bertz CT molecular complexity index is 1030. The average Bonchev–Trinajstić information content (AvgIpc) is 3.33. The molecule has 0 aliphatic carbocycles. The summed E-state index contributed by atoms with van der Waals surface area (Å²) in [5, 5.41) is 6.90. The molecule has 1 fully saturated rings. The van der Waals surface area contributed by atoms with Crippen LogP contribution in [0, 0.1) is 0 Å². The molecule has 3 amide bonds. The minimum atomic E-state index is -1.10. The second kappa shape index (κ2) is 7.43. The zero-order valence-corrected chi connectivity index (χ0v) is 16.2. The predicted molar refractivity (Wildman–Crippen MR) is 106 cm³/mol. The molecule has 2 heterocycles. The third kappa shape index (κ3) is 3.24. The van der Waals surface area contributed by atoms with Crippen molar-refractivity contribution in [2.24, 2.45) is 0 Å². The number of urea groups is 1. The Morgan fingerprint density at radius 3 is 2.48 bits per heavy atom. The fourth-order valence-corrected chi connectivity index (χ4v) is 3.57. The molecule has 1 atom stereocenters. The number of aromatic nitrogens is 1. The van der Waals surface area contributed by atoms with Crippen molar-refractivity contribution in [2.45, 2.75) is 25.4 Å². The number of carbonyl (C=O) groups excluding carboxylic acids is 2. The lowest BCUT2D eigenvalue weighted by Gasteiger charge is -2.25. The van der Waals surface area contributed by atoms with Gasteiger partial charge in [0, 0.05) is 11.6 Å². The summed E-state index contributed by atoms with van der Waals surface area (Å²) < 4.78 is 10.6. The molecule has 0 saturated carbocycles. The molecule has 4 rings (SSSR count). The second-order valence-corrected chi connectivity index (χ2v) is 6.86. The highest BCUT2D eigenvalue weighted by molar-refractivity contribution is 6.07. The molecule has 3 aromatic rings. The van der Waals surface area contributed by atoms with E-state index >= 15 is 0 Å². The Morgan fingerprint density at radius 2 is 1.83 bits per heavy atom. The summed E-state index contributed by atoms with van der Waals surface area (Å²) in [5.41, 5.74) is 1.00. The molecule has 2 aromatic carbocycles. The molecular formula is C22H21N3O4. The van der Waals surface area contributed by atoms with E-state index in [-0.39, 0.29) is 12.5 Å². The number of hydrogen-bond donors (Lipinski definition) is 1. The van der Waals surface area contributed by atoms with Gasteiger partial charge < -0.3 is 14.6 Å². The summed E-state index contributed by atoms with van der Waals surface area (Å²) in [6, 6.07) is 18.0. The van der Waals surface area contributed by atoms with E-state index in [1.54, 1.807) is 37.4 Å². The smallest absolute Gasteiger partial charge is 0.325 e. The highest BCUT2D eigenvalue weighted by atomic mass is 16.5. The lowest BCUT2D eigenvalue weighted by Crippen LogP contribution is -2.43. The van der Waals surface area contributed by atoms with Crippen LogP contribution in [-0.4, -0.2) is 29.1 Å². The minimum absolute atomic E-state index is 0.0406. The number of imide groups is 1. The number of nitrogens with one attached hydrogen (secondary N) is 1. The topological polar surface area (TPSA) is 84.7 Å². The molecule has 1 unspecified atom stereocenters. The van der Waals surface area contributed by atoms with Gasteiger partial charge in [0.1, 0.15) is 17.0 Å². The number of methoxy groups -OCH3 is 1. The van der Waals surface area contributed by atoms with Crippen molar-refractivity contribution in [1.29, 1.82) is 0 Å². The quantitative estimate of drug-likeness (QED) is 0.648.